The first-order chi connectivity index (χ1) is 9.24. The molecule has 0 spiro atoms. The Morgan fingerprint density at radius 1 is 1.30 bits per heavy atom. The normalized spacial score (nSPS) is 11.5. The quantitative estimate of drug-likeness (QED) is 0.689. The van der Waals surface area contributed by atoms with E-state index < -0.39 is 0 Å². The minimum Gasteiger partial charge on any atom is -0.372 e. The van der Waals surface area contributed by atoms with Crippen LogP contribution >= 0.6 is 12.4 Å². The number of rotatable bonds is 9. The fourth-order valence-electron chi connectivity index (χ4n) is 1.71. The van der Waals surface area contributed by atoms with Crippen molar-refractivity contribution in [2.45, 2.75) is 32.2 Å². The molecule has 3 N–H and O–H groups in total. The number of halogens is 1. The number of nitrogens with two attached hydrogens (primary N) is 1. The molecule has 1 amide bonds. The minimum atomic E-state index is -0.176. The Morgan fingerprint density at radius 3 is 2.65 bits per heavy atom. The zero-order valence-electron chi connectivity index (χ0n) is 12.0. The number of amides is 1. The maximum absolute atomic E-state index is 11.5. The lowest BCUT2D eigenvalue weighted by Gasteiger charge is -2.13. The summed E-state index contributed by atoms with van der Waals surface area (Å²) in [5.74, 6) is -0.108. The van der Waals surface area contributed by atoms with Crippen LogP contribution in [-0.4, -0.2) is 25.7 Å². The largest absolute Gasteiger partial charge is 0.372 e. The predicted molar refractivity (Wildman–Crippen MR) is 84.0 cm³/mol. The molecule has 0 aromatic heterocycles. The summed E-state index contributed by atoms with van der Waals surface area (Å²) < 4.78 is 5.28. The first-order valence-corrected chi connectivity index (χ1v) is 6.89. The van der Waals surface area contributed by atoms with E-state index in [-0.39, 0.29) is 31.0 Å². The van der Waals surface area contributed by atoms with Crippen molar-refractivity contribution in [2.24, 2.45) is 5.73 Å². The van der Waals surface area contributed by atoms with Crippen LogP contribution in [0.2, 0.25) is 0 Å². The molecule has 114 valence electrons. The van der Waals surface area contributed by atoms with Crippen LogP contribution in [0.15, 0.2) is 30.3 Å². The molecule has 0 aliphatic heterocycles. The van der Waals surface area contributed by atoms with Gasteiger partial charge in [-0.15, -0.1) is 12.4 Å². The van der Waals surface area contributed by atoms with Crippen LogP contribution in [0.3, 0.4) is 0 Å². The Kier molecular flexibility index (Phi) is 11.1. The Labute approximate surface area is 127 Å². The Bertz CT molecular complexity index is 360. The lowest BCUT2D eigenvalue weighted by Crippen LogP contribution is -2.34. The number of ether oxygens (including phenoxy) is 1. The third-order valence-corrected chi connectivity index (χ3v) is 2.87. The smallest absolute Gasteiger partial charge is 0.246 e. The van der Waals surface area contributed by atoms with E-state index in [4.69, 9.17) is 10.5 Å². The van der Waals surface area contributed by atoms with E-state index in [1.54, 1.807) is 0 Å². The summed E-state index contributed by atoms with van der Waals surface area (Å²) >= 11 is 0. The van der Waals surface area contributed by atoms with Crippen molar-refractivity contribution in [1.82, 2.24) is 5.32 Å². The molecule has 4 nitrogen and oxygen atoms in total. The molecule has 0 aliphatic carbocycles. The fraction of sp³-hybridized carbons (Fsp3) is 0.533. The van der Waals surface area contributed by atoms with Crippen LogP contribution < -0.4 is 11.1 Å². The van der Waals surface area contributed by atoms with E-state index in [1.165, 1.54) is 0 Å². The fourth-order valence-corrected chi connectivity index (χ4v) is 1.71. The van der Waals surface area contributed by atoms with E-state index in [0.29, 0.717) is 13.2 Å². The molecule has 1 atom stereocenters. The number of carbonyl (C=O) groups is 1. The summed E-state index contributed by atoms with van der Waals surface area (Å²) in [6, 6.07) is 9.56. The topological polar surface area (TPSA) is 64.3 Å². The zero-order chi connectivity index (χ0) is 13.9. The second-order valence-electron chi connectivity index (χ2n) is 4.58. The number of hydrogen-bond donors (Lipinski definition) is 2. The van der Waals surface area contributed by atoms with Gasteiger partial charge in [0.25, 0.3) is 0 Å². The van der Waals surface area contributed by atoms with E-state index in [1.807, 2.05) is 30.3 Å². The van der Waals surface area contributed by atoms with Crippen molar-refractivity contribution >= 4 is 18.3 Å². The van der Waals surface area contributed by atoms with Gasteiger partial charge in [0.1, 0.15) is 6.61 Å². The molecular weight excluding hydrogens is 276 g/mol. The molecule has 1 unspecified atom stereocenters. The van der Waals surface area contributed by atoms with Crippen LogP contribution in [0.1, 0.15) is 37.8 Å². The molecule has 20 heavy (non-hydrogen) atoms. The van der Waals surface area contributed by atoms with Gasteiger partial charge in [-0.25, -0.2) is 0 Å². The van der Waals surface area contributed by atoms with Crippen molar-refractivity contribution in [3.05, 3.63) is 35.9 Å². The highest BCUT2D eigenvalue weighted by molar-refractivity contribution is 5.85. The second kappa shape index (κ2) is 11.7. The lowest BCUT2D eigenvalue weighted by molar-refractivity contribution is -0.125. The zero-order valence-corrected chi connectivity index (χ0v) is 12.8. The van der Waals surface area contributed by atoms with Gasteiger partial charge in [0.2, 0.25) is 5.91 Å². The maximum atomic E-state index is 11.5. The van der Waals surface area contributed by atoms with Crippen molar-refractivity contribution in [1.29, 1.82) is 0 Å². The predicted octanol–water partition coefficient (Wildman–Crippen LogP) is 2.43. The summed E-state index contributed by atoms with van der Waals surface area (Å²) in [6.45, 7) is 3.33. The molecule has 0 bridgehead atoms. The Morgan fingerprint density at radius 2 is 2.00 bits per heavy atom. The summed E-state index contributed by atoms with van der Waals surface area (Å²) in [7, 11) is 0. The number of unbranched alkanes of at least 4 members (excludes halogenated alkanes) is 2. The van der Waals surface area contributed by atoms with Crippen molar-refractivity contribution < 1.29 is 9.53 Å². The van der Waals surface area contributed by atoms with Gasteiger partial charge in [-0.3, -0.25) is 4.79 Å². The average molecular weight is 301 g/mol. The monoisotopic (exact) mass is 300 g/mol. The molecule has 0 saturated heterocycles. The molecule has 0 saturated carbocycles. The Hall–Kier alpha value is -1.10. The van der Waals surface area contributed by atoms with Gasteiger partial charge in [-0.2, -0.15) is 0 Å². The van der Waals surface area contributed by atoms with Crippen LogP contribution in [0, 0.1) is 0 Å². The number of hydrogen-bond acceptors (Lipinski definition) is 3. The second-order valence-corrected chi connectivity index (χ2v) is 4.58. The van der Waals surface area contributed by atoms with Crippen molar-refractivity contribution in [2.75, 3.05) is 19.8 Å². The van der Waals surface area contributed by atoms with E-state index >= 15 is 0 Å². The SMILES string of the molecule is CCCCCOCC(=O)NCC(N)c1ccccc1.Cl. The molecule has 0 radical (unpaired) electrons. The molecule has 5 heteroatoms. The molecule has 1 aromatic rings. The van der Waals surface area contributed by atoms with Gasteiger partial charge in [0.05, 0.1) is 0 Å². The molecule has 0 aliphatic rings. The minimum absolute atomic E-state index is 0. The van der Waals surface area contributed by atoms with Crippen LogP contribution in [0.5, 0.6) is 0 Å². The third kappa shape index (κ3) is 8.15. The van der Waals surface area contributed by atoms with E-state index in [2.05, 4.69) is 12.2 Å². The standard InChI is InChI=1S/C15H24N2O2.ClH/c1-2-3-7-10-19-12-15(18)17-11-14(16)13-8-5-4-6-9-13;/h4-6,8-9,14H,2-3,7,10-12,16H2,1H3,(H,17,18);1H. The summed E-state index contributed by atoms with van der Waals surface area (Å²) in [4.78, 5) is 11.5. The summed E-state index contributed by atoms with van der Waals surface area (Å²) in [5.41, 5.74) is 7.00. The van der Waals surface area contributed by atoms with Crippen LogP contribution in [-0.2, 0) is 9.53 Å². The molecule has 0 fully saturated rings. The summed E-state index contributed by atoms with van der Waals surface area (Å²) in [5, 5.41) is 2.78. The lowest BCUT2D eigenvalue weighted by atomic mass is 10.1. The van der Waals surface area contributed by atoms with Gasteiger partial charge < -0.3 is 15.8 Å². The molecular formula is C15H25ClN2O2. The van der Waals surface area contributed by atoms with Gasteiger partial charge in [-0.1, -0.05) is 50.1 Å². The number of benzene rings is 1. The first kappa shape index (κ1) is 18.9. The number of carbonyl (C=O) groups excluding carboxylic acids is 1. The Balaban J connectivity index is 0.00000361. The van der Waals surface area contributed by atoms with Crippen LogP contribution in [0.4, 0.5) is 0 Å². The van der Waals surface area contributed by atoms with E-state index in [9.17, 15) is 4.79 Å². The van der Waals surface area contributed by atoms with Crippen molar-refractivity contribution in [3.8, 4) is 0 Å². The highest BCUT2D eigenvalue weighted by Crippen LogP contribution is 2.07. The van der Waals surface area contributed by atoms with Crippen molar-refractivity contribution in [3.63, 3.8) is 0 Å². The highest BCUT2D eigenvalue weighted by atomic mass is 35.5. The molecule has 0 heterocycles. The van der Waals surface area contributed by atoms with Gasteiger partial charge in [-0.05, 0) is 12.0 Å². The highest BCUT2D eigenvalue weighted by Gasteiger charge is 2.07. The third-order valence-electron chi connectivity index (χ3n) is 2.87. The summed E-state index contributed by atoms with van der Waals surface area (Å²) in [6.07, 6.45) is 3.30. The molecule has 1 rings (SSSR count). The van der Waals surface area contributed by atoms with Gasteiger partial charge >= 0.3 is 0 Å². The maximum Gasteiger partial charge on any atom is 0.246 e. The number of nitrogens with one attached hydrogen (secondary N) is 1. The van der Waals surface area contributed by atoms with E-state index in [0.717, 1.165) is 24.8 Å². The van der Waals surface area contributed by atoms with Crippen LogP contribution in [0.25, 0.3) is 0 Å². The first-order valence-electron chi connectivity index (χ1n) is 6.89. The van der Waals surface area contributed by atoms with Gasteiger partial charge in [0.15, 0.2) is 0 Å². The molecule has 1 aromatic carbocycles. The van der Waals surface area contributed by atoms with Gasteiger partial charge in [0, 0.05) is 19.2 Å². The average Bonchev–Trinajstić information content (AvgIpc) is 2.45.